The third-order valence-electron chi connectivity index (χ3n) is 3.70. The molecule has 3 rings (SSSR count). The quantitative estimate of drug-likeness (QED) is 0.773. The Hall–Kier alpha value is -2.18. The van der Waals surface area contributed by atoms with Crippen LogP contribution in [0.5, 0.6) is 0 Å². The summed E-state index contributed by atoms with van der Waals surface area (Å²) in [7, 11) is 0. The molecule has 1 saturated carbocycles. The van der Waals surface area contributed by atoms with Crippen LogP contribution in [0.1, 0.15) is 10.4 Å². The van der Waals surface area contributed by atoms with Gasteiger partial charge >= 0.3 is 11.9 Å². The lowest BCUT2D eigenvalue weighted by Gasteiger charge is -2.21. The maximum absolute atomic E-state index is 11.0. The molecule has 0 amide bonds. The molecule has 1 aromatic heterocycles. The topological polar surface area (TPSA) is 104 Å². The molecule has 0 spiro atoms. The van der Waals surface area contributed by atoms with Gasteiger partial charge in [0, 0.05) is 19.3 Å². The SMILES string of the molecule is O=C(O)c1cncnc1N1C[C@@H]2C(C(=O)O)[C@@H]2C1. The van der Waals surface area contributed by atoms with E-state index in [4.69, 9.17) is 10.2 Å². The Bertz CT molecular complexity index is 521. The van der Waals surface area contributed by atoms with Crippen LogP contribution < -0.4 is 4.90 Å². The van der Waals surface area contributed by atoms with Gasteiger partial charge in [-0.1, -0.05) is 0 Å². The predicted octanol–water partition coefficient (Wildman–Crippen LogP) is -0.0584. The van der Waals surface area contributed by atoms with E-state index < -0.39 is 11.9 Å². The number of hydrogen-bond acceptors (Lipinski definition) is 5. The standard InChI is InChI=1S/C11H11N3O4/c15-10(16)5-1-12-4-13-9(5)14-2-6-7(3-14)8(6)11(17)18/h1,4,6-8H,2-3H2,(H,15,16)(H,17,18)/t6-,7+,8?. The zero-order chi connectivity index (χ0) is 12.9. The first kappa shape index (κ1) is 10.9. The first-order chi connectivity index (χ1) is 8.59. The number of carboxylic acids is 2. The number of aromatic nitrogens is 2. The van der Waals surface area contributed by atoms with Gasteiger partial charge < -0.3 is 15.1 Å². The van der Waals surface area contributed by atoms with Gasteiger partial charge in [0.05, 0.1) is 5.92 Å². The Kier molecular flexibility index (Phi) is 2.22. The van der Waals surface area contributed by atoms with E-state index in [1.165, 1.54) is 12.5 Å². The molecule has 2 aliphatic rings. The molecular formula is C11H11N3O4. The van der Waals surface area contributed by atoms with Gasteiger partial charge in [0.1, 0.15) is 17.7 Å². The zero-order valence-corrected chi connectivity index (χ0v) is 9.35. The minimum Gasteiger partial charge on any atom is -0.481 e. The summed E-state index contributed by atoms with van der Waals surface area (Å²) in [6.07, 6.45) is 2.57. The van der Waals surface area contributed by atoms with Crippen LogP contribution in [0, 0.1) is 17.8 Å². The average Bonchev–Trinajstić information content (AvgIpc) is 2.86. The molecule has 0 bridgehead atoms. The Morgan fingerprint density at radius 3 is 2.50 bits per heavy atom. The average molecular weight is 249 g/mol. The molecule has 7 nitrogen and oxygen atoms in total. The minimum absolute atomic E-state index is 0.0608. The van der Waals surface area contributed by atoms with Gasteiger partial charge in [0.15, 0.2) is 0 Å². The maximum atomic E-state index is 11.0. The molecule has 18 heavy (non-hydrogen) atoms. The van der Waals surface area contributed by atoms with Crippen molar-refractivity contribution in [2.24, 2.45) is 17.8 Å². The van der Waals surface area contributed by atoms with Crippen molar-refractivity contribution in [3.8, 4) is 0 Å². The highest BCUT2D eigenvalue weighted by Gasteiger charge is 2.60. The van der Waals surface area contributed by atoms with Gasteiger partial charge in [0.25, 0.3) is 0 Å². The van der Waals surface area contributed by atoms with Crippen molar-refractivity contribution in [3.05, 3.63) is 18.1 Å². The second kappa shape index (κ2) is 3.66. The summed E-state index contributed by atoms with van der Waals surface area (Å²) >= 11 is 0. The summed E-state index contributed by atoms with van der Waals surface area (Å²) < 4.78 is 0. The molecule has 1 unspecified atom stereocenters. The number of carboxylic acid groups (broad SMARTS) is 2. The Balaban J connectivity index is 1.80. The fourth-order valence-corrected chi connectivity index (χ4v) is 2.79. The van der Waals surface area contributed by atoms with E-state index in [0.29, 0.717) is 18.9 Å². The van der Waals surface area contributed by atoms with E-state index >= 15 is 0 Å². The highest BCUT2D eigenvalue weighted by Crippen LogP contribution is 2.52. The van der Waals surface area contributed by atoms with Crippen molar-refractivity contribution in [3.63, 3.8) is 0 Å². The van der Waals surface area contributed by atoms with E-state index in [2.05, 4.69) is 9.97 Å². The normalized spacial score (nSPS) is 28.9. The summed E-state index contributed by atoms with van der Waals surface area (Å²) in [6.45, 7) is 1.11. The summed E-state index contributed by atoms with van der Waals surface area (Å²) in [5.74, 6) is -1.46. The van der Waals surface area contributed by atoms with Crippen LogP contribution in [-0.4, -0.2) is 45.2 Å². The lowest BCUT2D eigenvalue weighted by atomic mass is 10.2. The van der Waals surface area contributed by atoms with Crippen molar-refractivity contribution in [1.82, 2.24) is 9.97 Å². The van der Waals surface area contributed by atoms with Crippen LogP contribution in [0.15, 0.2) is 12.5 Å². The Labute approximate surface area is 102 Å². The number of fused-ring (bicyclic) bond motifs is 1. The van der Waals surface area contributed by atoms with Crippen LogP contribution in [0.25, 0.3) is 0 Å². The van der Waals surface area contributed by atoms with Crippen molar-refractivity contribution in [2.75, 3.05) is 18.0 Å². The lowest BCUT2D eigenvalue weighted by Crippen LogP contribution is -2.28. The van der Waals surface area contributed by atoms with Crippen molar-refractivity contribution >= 4 is 17.8 Å². The second-order valence-corrected chi connectivity index (χ2v) is 4.66. The molecule has 0 aromatic carbocycles. The lowest BCUT2D eigenvalue weighted by molar-refractivity contribution is -0.139. The number of carbonyl (C=O) groups is 2. The fourth-order valence-electron chi connectivity index (χ4n) is 2.79. The van der Waals surface area contributed by atoms with Crippen molar-refractivity contribution in [1.29, 1.82) is 0 Å². The van der Waals surface area contributed by atoms with Gasteiger partial charge in [-0.25, -0.2) is 14.8 Å². The number of nitrogens with zero attached hydrogens (tertiary/aromatic N) is 3. The molecule has 2 heterocycles. The highest BCUT2D eigenvalue weighted by atomic mass is 16.4. The van der Waals surface area contributed by atoms with Gasteiger partial charge in [-0.2, -0.15) is 0 Å². The molecule has 1 aliphatic carbocycles. The Morgan fingerprint density at radius 1 is 1.28 bits per heavy atom. The van der Waals surface area contributed by atoms with E-state index in [9.17, 15) is 9.59 Å². The molecule has 1 aliphatic heterocycles. The molecule has 94 valence electrons. The molecule has 7 heteroatoms. The summed E-state index contributed by atoms with van der Waals surface area (Å²) in [6, 6.07) is 0. The van der Waals surface area contributed by atoms with Gasteiger partial charge in [-0.3, -0.25) is 4.79 Å². The van der Waals surface area contributed by atoms with Crippen LogP contribution in [0.2, 0.25) is 0 Å². The Morgan fingerprint density at radius 2 is 1.94 bits per heavy atom. The number of anilines is 1. The monoisotopic (exact) mass is 249 g/mol. The third kappa shape index (κ3) is 1.51. The summed E-state index contributed by atoms with van der Waals surface area (Å²) in [5.41, 5.74) is 0.0608. The van der Waals surface area contributed by atoms with E-state index in [-0.39, 0.29) is 23.3 Å². The molecule has 2 N–H and O–H groups in total. The number of aromatic carboxylic acids is 1. The molecule has 1 saturated heterocycles. The predicted molar refractivity (Wildman–Crippen MR) is 59.3 cm³/mol. The van der Waals surface area contributed by atoms with Crippen LogP contribution >= 0.6 is 0 Å². The smallest absolute Gasteiger partial charge is 0.341 e. The molecule has 1 aromatic rings. The summed E-state index contributed by atoms with van der Waals surface area (Å²) in [5, 5.41) is 18.0. The number of aliphatic carboxylic acids is 1. The molecule has 3 atom stereocenters. The number of piperidine rings is 1. The van der Waals surface area contributed by atoms with E-state index in [1.54, 1.807) is 0 Å². The zero-order valence-electron chi connectivity index (χ0n) is 9.35. The first-order valence-electron chi connectivity index (χ1n) is 5.60. The van der Waals surface area contributed by atoms with Crippen LogP contribution in [-0.2, 0) is 4.79 Å². The van der Waals surface area contributed by atoms with Crippen molar-refractivity contribution in [2.45, 2.75) is 0 Å². The number of rotatable bonds is 3. The van der Waals surface area contributed by atoms with Gasteiger partial charge in [-0.05, 0) is 11.8 Å². The van der Waals surface area contributed by atoms with Crippen molar-refractivity contribution < 1.29 is 19.8 Å². The summed E-state index contributed by atoms with van der Waals surface area (Å²) in [4.78, 5) is 31.4. The third-order valence-corrected chi connectivity index (χ3v) is 3.70. The van der Waals surface area contributed by atoms with Crippen LogP contribution in [0.4, 0.5) is 5.82 Å². The minimum atomic E-state index is -1.07. The molecule has 0 radical (unpaired) electrons. The molecule has 2 fully saturated rings. The number of hydrogen-bond donors (Lipinski definition) is 2. The van der Waals surface area contributed by atoms with E-state index in [0.717, 1.165) is 0 Å². The molecular weight excluding hydrogens is 238 g/mol. The van der Waals surface area contributed by atoms with Gasteiger partial charge in [0.2, 0.25) is 0 Å². The largest absolute Gasteiger partial charge is 0.481 e. The first-order valence-corrected chi connectivity index (χ1v) is 5.60. The van der Waals surface area contributed by atoms with Crippen LogP contribution in [0.3, 0.4) is 0 Å². The maximum Gasteiger partial charge on any atom is 0.341 e. The highest BCUT2D eigenvalue weighted by molar-refractivity contribution is 5.93. The fraction of sp³-hybridized carbons (Fsp3) is 0.455. The van der Waals surface area contributed by atoms with Gasteiger partial charge in [-0.15, -0.1) is 0 Å². The van der Waals surface area contributed by atoms with E-state index in [1.807, 2.05) is 4.90 Å². The second-order valence-electron chi connectivity index (χ2n) is 4.66.